The van der Waals surface area contributed by atoms with Gasteiger partial charge in [-0.15, -0.1) is 11.8 Å². The summed E-state index contributed by atoms with van der Waals surface area (Å²) in [6.45, 7) is 4.26. The Balaban J connectivity index is 1.64. The van der Waals surface area contributed by atoms with Gasteiger partial charge in [-0.25, -0.2) is 0 Å². The second-order valence-corrected chi connectivity index (χ2v) is 6.72. The topological polar surface area (TPSA) is 32.3 Å². The Morgan fingerprint density at radius 2 is 1.95 bits per heavy atom. The number of aryl methyl sites for hydroxylation is 1. The zero-order valence-electron chi connectivity index (χ0n) is 12.4. The Kier molecular flexibility index (Phi) is 5.92. The normalized spacial score (nSPS) is 17.1. The number of nitrogens with one attached hydrogen (secondary N) is 1. The van der Waals surface area contributed by atoms with Gasteiger partial charge >= 0.3 is 0 Å². The van der Waals surface area contributed by atoms with Gasteiger partial charge < -0.3 is 10.2 Å². The molecule has 0 saturated carbocycles. The molecule has 1 saturated heterocycles. The Morgan fingerprint density at radius 3 is 2.60 bits per heavy atom. The monoisotopic (exact) mass is 292 g/mol. The van der Waals surface area contributed by atoms with Gasteiger partial charge in [-0.05, 0) is 52.0 Å². The molecule has 110 valence electrons. The van der Waals surface area contributed by atoms with Crippen molar-refractivity contribution in [2.24, 2.45) is 0 Å². The van der Waals surface area contributed by atoms with Crippen molar-refractivity contribution >= 4 is 17.7 Å². The molecule has 1 heterocycles. The van der Waals surface area contributed by atoms with Crippen LogP contribution >= 0.6 is 11.8 Å². The standard InChI is InChI=1S/C16H24N2OS/c1-13-3-5-15(6-4-13)20-12-9-16(19)17-14-7-10-18(2)11-8-14/h3-6,14H,7-12H2,1-2H3,(H,17,19). The number of hydrogen-bond acceptors (Lipinski definition) is 3. The number of nitrogens with zero attached hydrogens (tertiary/aromatic N) is 1. The van der Waals surface area contributed by atoms with Gasteiger partial charge in [0, 0.05) is 23.1 Å². The maximum absolute atomic E-state index is 11.9. The van der Waals surface area contributed by atoms with E-state index in [9.17, 15) is 4.79 Å². The summed E-state index contributed by atoms with van der Waals surface area (Å²) in [5, 5.41) is 3.16. The van der Waals surface area contributed by atoms with Gasteiger partial charge in [0.1, 0.15) is 0 Å². The van der Waals surface area contributed by atoms with Crippen LogP contribution in [0.5, 0.6) is 0 Å². The van der Waals surface area contributed by atoms with E-state index in [4.69, 9.17) is 0 Å². The number of carbonyl (C=O) groups excluding carboxylic acids is 1. The van der Waals surface area contributed by atoms with E-state index in [0.717, 1.165) is 31.7 Å². The van der Waals surface area contributed by atoms with Crippen molar-refractivity contribution in [2.75, 3.05) is 25.9 Å². The smallest absolute Gasteiger partial charge is 0.221 e. The summed E-state index contributed by atoms with van der Waals surface area (Å²) in [5.74, 6) is 1.04. The lowest BCUT2D eigenvalue weighted by atomic mass is 10.1. The number of amides is 1. The van der Waals surface area contributed by atoms with E-state index in [2.05, 4.69) is 48.5 Å². The minimum absolute atomic E-state index is 0.194. The molecule has 0 aromatic heterocycles. The van der Waals surface area contributed by atoms with E-state index in [0.29, 0.717) is 12.5 Å². The number of hydrogen-bond donors (Lipinski definition) is 1. The molecule has 0 atom stereocenters. The van der Waals surface area contributed by atoms with E-state index in [-0.39, 0.29) is 5.91 Å². The molecule has 2 rings (SSSR count). The zero-order chi connectivity index (χ0) is 14.4. The van der Waals surface area contributed by atoms with Gasteiger partial charge in [0.2, 0.25) is 5.91 Å². The van der Waals surface area contributed by atoms with E-state index >= 15 is 0 Å². The maximum atomic E-state index is 11.9. The van der Waals surface area contributed by atoms with Crippen molar-refractivity contribution < 1.29 is 4.79 Å². The lowest BCUT2D eigenvalue weighted by Crippen LogP contribution is -2.43. The lowest BCUT2D eigenvalue weighted by Gasteiger charge is -2.29. The van der Waals surface area contributed by atoms with Gasteiger partial charge in [-0.3, -0.25) is 4.79 Å². The molecule has 0 unspecified atom stereocenters. The van der Waals surface area contributed by atoms with E-state index in [1.54, 1.807) is 11.8 Å². The summed E-state index contributed by atoms with van der Waals surface area (Å²) in [6.07, 6.45) is 2.76. The lowest BCUT2D eigenvalue weighted by molar-refractivity contribution is -0.121. The Hall–Kier alpha value is -1.00. The second-order valence-electron chi connectivity index (χ2n) is 5.56. The first-order valence-electron chi connectivity index (χ1n) is 7.31. The molecular formula is C16H24N2OS. The fourth-order valence-corrected chi connectivity index (χ4v) is 3.20. The molecule has 20 heavy (non-hydrogen) atoms. The molecule has 1 fully saturated rings. The third-order valence-electron chi connectivity index (χ3n) is 3.70. The summed E-state index contributed by atoms with van der Waals surface area (Å²) >= 11 is 1.75. The maximum Gasteiger partial charge on any atom is 0.221 e. The fourth-order valence-electron chi connectivity index (χ4n) is 2.35. The van der Waals surface area contributed by atoms with Crippen molar-refractivity contribution in [3.05, 3.63) is 29.8 Å². The zero-order valence-corrected chi connectivity index (χ0v) is 13.2. The van der Waals surface area contributed by atoms with Crippen LogP contribution in [0.3, 0.4) is 0 Å². The van der Waals surface area contributed by atoms with Crippen LogP contribution in [0.2, 0.25) is 0 Å². The van der Waals surface area contributed by atoms with Crippen LogP contribution in [-0.2, 0) is 4.79 Å². The summed E-state index contributed by atoms with van der Waals surface area (Å²) in [5.41, 5.74) is 1.27. The largest absolute Gasteiger partial charge is 0.353 e. The number of carbonyl (C=O) groups is 1. The average Bonchev–Trinajstić information content (AvgIpc) is 2.44. The summed E-state index contributed by atoms with van der Waals surface area (Å²) in [6, 6.07) is 8.84. The van der Waals surface area contributed by atoms with Crippen LogP contribution in [0.1, 0.15) is 24.8 Å². The van der Waals surface area contributed by atoms with Crippen molar-refractivity contribution in [3.8, 4) is 0 Å². The first-order chi connectivity index (χ1) is 9.63. The molecule has 4 heteroatoms. The van der Waals surface area contributed by atoms with E-state index in [1.807, 2.05) is 0 Å². The van der Waals surface area contributed by atoms with Gasteiger partial charge in [0.25, 0.3) is 0 Å². The van der Waals surface area contributed by atoms with E-state index in [1.165, 1.54) is 10.5 Å². The van der Waals surface area contributed by atoms with Crippen LogP contribution in [0.4, 0.5) is 0 Å². The highest BCUT2D eigenvalue weighted by Gasteiger charge is 2.17. The molecule has 3 nitrogen and oxygen atoms in total. The van der Waals surface area contributed by atoms with Gasteiger partial charge in [-0.2, -0.15) is 0 Å². The summed E-state index contributed by atoms with van der Waals surface area (Å²) in [7, 11) is 2.14. The molecule has 0 aliphatic carbocycles. The summed E-state index contributed by atoms with van der Waals surface area (Å²) < 4.78 is 0. The van der Waals surface area contributed by atoms with E-state index < -0.39 is 0 Å². The number of thioether (sulfide) groups is 1. The number of rotatable bonds is 5. The quantitative estimate of drug-likeness (QED) is 0.847. The number of likely N-dealkylation sites (tertiary alicyclic amines) is 1. The molecule has 0 radical (unpaired) electrons. The minimum Gasteiger partial charge on any atom is -0.353 e. The second kappa shape index (κ2) is 7.70. The molecule has 1 aromatic carbocycles. The van der Waals surface area contributed by atoms with Crippen molar-refractivity contribution in [2.45, 2.75) is 37.1 Å². The first-order valence-corrected chi connectivity index (χ1v) is 8.29. The number of benzene rings is 1. The Bertz CT molecular complexity index is 425. The van der Waals surface area contributed by atoms with Crippen LogP contribution < -0.4 is 5.32 Å². The molecule has 1 N–H and O–H groups in total. The molecule has 1 amide bonds. The molecule has 1 aliphatic rings. The van der Waals surface area contributed by atoms with Crippen molar-refractivity contribution in [3.63, 3.8) is 0 Å². The Labute approximate surface area is 126 Å². The minimum atomic E-state index is 0.194. The molecule has 0 spiro atoms. The van der Waals surface area contributed by atoms with Crippen LogP contribution in [-0.4, -0.2) is 42.7 Å². The highest BCUT2D eigenvalue weighted by Crippen LogP contribution is 2.19. The van der Waals surface area contributed by atoms with Crippen molar-refractivity contribution in [1.29, 1.82) is 0 Å². The molecular weight excluding hydrogens is 268 g/mol. The predicted molar refractivity (Wildman–Crippen MR) is 85.2 cm³/mol. The molecule has 0 bridgehead atoms. The van der Waals surface area contributed by atoms with Gasteiger partial charge in [0.15, 0.2) is 0 Å². The third kappa shape index (κ3) is 5.17. The fraction of sp³-hybridized carbons (Fsp3) is 0.562. The van der Waals surface area contributed by atoms with Crippen LogP contribution in [0, 0.1) is 6.92 Å². The van der Waals surface area contributed by atoms with Crippen LogP contribution in [0.15, 0.2) is 29.2 Å². The van der Waals surface area contributed by atoms with Gasteiger partial charge in [-0.1, -0.05) is 17.7 Å². The SMILES string of the molecule is Cc1ccc(SCCC(=O)NC2CCN(C)CC2)cc1. The van der Waals surface area contributed by atoms with Crippen molar-refractivity contribution in [1.82, 2.24) is 10.2 Å². The molecule has 1 aliphatic heterocycles. The highest BCUT2D eigenvalue weighted by molar-refractivity contribution is 7.99. The first kappa shape index (κ1) is 15.4. The average molecular weight is 292 g/mol. The third-order valence-corrected chi connectivity index (χ3v) is 4.72. The summed E-state index contributed by atoms with van der Waals surface area (Å²) in [4.78, 5) is 15.5. The predicted octanol–water partition coefficient (Wildman–Crippen LogP) is 2.69. The van der Waals surface area contributed by atoms with Crippen LogP contribution in [0.25, 0.3) is 0 Å². The number of piperidine rings is 1. The highest BCUT2D eigenvalue weighted by atomic mass is 32.2. The van der Waals surface area contributed by atoms with Gasteiger partial charge in [0.05, 0.1) is 0 Å². The molecule has 1 aromatic rings. The Morgan fingerprint density at radius 1 is 1.30 bits per heavy atom.